The number of nitrogens with one attached hydrogen (secondary N) is 1. The van der Waals surface area contributed by atoms with Crippen LogP contribution in [0, 0.1) is 5.82 Å². The first-order chi connectivity index (χ1) is 18.3. The van der Waals surface area contributed by atoms with Gasteiger partial charge in [0.05, 0.1) is 13.2 Å². The van der Waals surface area contributed by atoms with E-state index in [9.17, 15) is 14.3 Å². The van der Waals surface area contributed by atoms with Crippen molar-refractivity contribution >= 4 is 46.7 Å². The molecule has 0 radical (unpaired) electrons. The molecule has 0 unspecified atom stereocenters. The molecule has 1 saturated heterocycles. The summed E-state index contributed by atoms with van der Waals surface area (Å²) in [6.07, 6.45) is 1.01. The minimum Gasteiger partial charge on any atom is -0.490 e. The summed E-state index contributed by atoms with van der Waals surface area (Å²) in [4.78, 5) is 26.1. The van der Waals surface area contributed by atoms with E-state index >= 15 is 0 Å². The summed E-state index contributed by atoms with van der Waals surface area (Å²) in [5.41, 5.74) is 0.993. The predicted molar refractivity (Wildman–Crippen MR) is 146 cm³/mol. The predicted octanol–water partition coefficient (Wildman–Crippen LogP) is 5.37. The maximum absolute atomic E-state index is 14.7. The molecule has 1 aliphatic rings. The third-order valence-electron chi connectivity index (χ3n) is 6.07. The number of aromatic nitrogens is 2. The summed E-state index contributed by atoms with van der Waals surface area (Å²) in [5.74, 6) is -0.110. The summed E-state index contributed by atoms with van der Waals surface area (Å²) < 4.78 is 20.3. The van der Waals surface area contributed by atoms with Gasteiger partial charge in [0.1, 0.15) is 5.82 Å². The van der Waals surface area contributed by atoms with Gasteiger partial charge in [-0.05, 0) is 55.4 Å². The fourth-order valence-electron chi connectivity index (χ4n) is 4.06. The smallest absolute Gasteiger partial charge is 0.413 e. The lowest BCUT2D eigenvalue weighted by atomic mass is 10.2. The molecule has 2 aromatic carbocycles. The molecule has 1 aromatic heterocycles. The zero-order valence-electron chi connectivity index (χ0n) is 20.9. The van der Waals surface area contributed by atoms with Crippen molar-refractivity contribution in [1.82, 2.24) is 19.8 Å². The van der Waals surface area contributed by atoms with E-state index in [1.165, 1.54) is 18.3 Å². The number of piperazine rings is 1. The van der Waals surface area contributed by atoms with E-state index in [0.29, 0.717) is 27.9 Å². The minimum absolute atomic E-state index is 0.0263. The largest absolute Gasteiger partial charge is 0.490 e. The lowest BCUT2D eigenvalue weighted by Crippen LogP contribution is -2.44. The highest BCUT2D eigenvalue weighted by Crippen LogP contribution is 2.25. The number of nitrogens with zero attached hydrogens (tertiary/aromatic N) is 5. The lowest BCUT2D eigenvalue weighted by molar-refractivity contribution is 0.145. The molecule has 38 heavy (non-hydrogen) atoms. The van der Waals surface area contributed by atoms with Gasteiger partial charge in [-0.3, -0.25) is 4.90 Å². The second-order valence-corrected chi connectivity index (χ2v) is 9.87. The molecule has 0 atom stereocenters. The second kappa shape index (κ2) is 13.1. The molecule has 1 amide bonds. The SMILES string of the molecule is CN1CCN(CCCOc2ccc(Nc3nccc(N(Cc4cc(Cl)cc(Cl)c4)C(=O)O)n3)cc2F)CC1. The second-order valence-electron chi connectivity index (χ2n) is 9.00. The molecule has 0 bridgehead atoms. The lowest BCUT2D eigenvalue weighted by Gasteiger charge is -2.32. The Bertz CT molecular complexity index is 1240. The molecule has 12 heteroatoms. The van der Waals surface area contributed by atoms with Crippen molar-refractivity contribution < 1.29 is 19.0 Å². The van der Waals surface area contributed by atoms with E-state index in [2.05, 4.69) is 32.1 Å². The maximum atomic E-state index is 14.7. The van der Waals surface area contributed by atoms with Crippen LogP contribution in [0.3, 0.4) is 0 Å². The third kappa shape index (κ3) is 7.91. The van der Waals surface area contributed by atoms with E-state index in [0.717, 1.165) is 44.0 Å². The van der Waals surface area contributed by atoms with Crippen molar-refractivity contribution in [3.8, 4) is 5.75 Å². The van der Waals surface area contributed by atoms with Crippen molar-refractivity contribution in [3.05, 3.63) is 70.1 Å². The van der Waals surface area contributed by atoms with Crippen LogP contribution in [0.5, 0.6) is 5.75 Å². The van der Waals surface area contributed by atoms with Gasteiger partial charge in [0, 0.05) is 60.7 Å². The summed E-state index contributed by atoms with van der Waals surface area (Å²) in [5, 5.41) is 13.5. The van der Waals surface area contributed by atoms with E-state index in [1.54, 1.807) is 30.3 Å². The highest BCUT2D eigenvalue weighted by atomic mass is 35.5. The van der Waals surface area contributed by atoms with Crippen molar-refractivity contribution in [3.63, 3.8) is 0 Å². The maximum Gasteiger partial charge on any atom is 0.413 e. The average molecular weight is 563 g/mol. The monoisotopic (exact) mass is 562 g/mol. The molecule has 3 aromatic rings. The van der Waals surface area contributed by atoms with Gasteiger partial charge in [-0.25, -0.2) is 14.2 Å². The van der Waals surface area contributed by atoms with E-state index < -0.39 is 11.9 Å². The Labute approximate surface area is 230 Å². The highest BCUT2D eigenvalue weighted by molar-refractivity contribution is 6.34. The van der Waals surface area contributed by atoms with Gasteiger partial charge >= 0.3 is 6.09 Å². The quantitative estimate of drug-likeness (QED) is 0.318. The van der Waals surface area contributed by atoms with Crippen LogP contribution in [0.2, 0.25) is 10.0 Å². The summed E-state index contributed by atoms with van der Waals surface area (Å²) >= 11 is 12.1. The number of amides is 1. The number of hydrogen-bond acceptors (Lipinski definition) is 7. The Morgan fingerprint density at radius 2 is 1.87 bits per heavy atom. The molecule has 0 aliphatic carbocycles. The summed E-state index contributed by atoms with van der Waals surface area (Å²) in [7, 11) is 2.12. The average Bonchev–Trinajstić information content (AvgIpc) is 2.87. The molecule has 1 aliphatic heterocycles. The van der Waals surface area contributed by atoms with Gasteiger partial charge in [-0.2, -0.15) is 4.98 Å². The number of benzene rings is 2. The molecule has 1 fully saturated rings. The number of carbonyl (C=O) groups is 1. The molecule has 202 valence electrons. The van der Waals surface area contributed by atoms with E-state index in [1.807, 2.05) is 0 Å². The van der Waals surface area contributed by atoms with Gasteiger partial charge in [0.15, 0.2) is 11.6 Å². The van der Waals surface area contributed by atoms with Crippen LogP contribution in [0.25, 0.3) is 0 Å². The van der Waals surface area contributed by atoms with Gasteiger partial charge in [-0.1, -0.05) is 23.2 Å². The van der Waals surface area contributed by atoms with Crippen molar-refractivity contribution in [2.45, 2.75) is 13.0 Å². The molecule has 2 N–H and O–H groups in total. The van der Waals surface area contributed by atoms with E-state index in [4.69, 9.17) is 27.9 Å². The van der Waals surface area contributed by atoms with Crippen molar-refractivity contribution in [2.75, 3.05) is 56.6 Å². The minimum atomic E-state index is -1.22. The Morgan fingerprint density at radius 3 is 2.55 bits per heavy atom. The number of halogens is 3. The van der Waals surface area contributed by atoms with Crippen molar-refractivity contribution in [2.24, 2.45) is 0 Å². The van der Waals surface area contributed by atoms with Crippen LogP contribution in [0.15, 0.2) is 48.7 Å². The van der Waals surface area contributed by atoms with Crippen LogP contribution in [0.1, 0.15) is 12.0 Å². The van der Waals surface area contributed by atoms with Crippen LogP contribution < -0.4 is 15.0 Å². The number of anilines is 3. The number of rotatable bonds is 10. The molecule has 9 nitrogen and oxygen atoms in total. The summed E-state index contributed by atoms with van der Waals surface area (Å²) in [6, 6.07) is 10.8. The zero-order chi connectivity index (χ0) is 27.1. The van der Waals surface area contributed by atoms with Crippen LogP contribution in [-0.4, -0.2) is 77.3 Å². The fraction of sp³-hybridized carbons (Fsp3) is 0.346. The standard InChI is InChI=1S/C26H29Cl2FN6O3/c1-33-8-10-34(11-9-33)7-2-12-38-23-4-3-21(16-22(23)29)31-25-30-6-5-24(32-25)35(26(36)37)17-18-13-19(27)15-20(28)14-18/h3-6,13-16H,2,7-12,17H2,1H3,(H,36,37)(H,30,31,32). The number of carboxylic acid groups (broad SMARTS) is 1. The summed E-state index contributed by atoms with van der Waals surface area (Å²) in [6.45, 7) is 5.50. The number of ether oxygens (including phenoxy) is 1. The van der Waals surface area contributed by atoms with Gasteiger partial charge < -0.3 is 25.0 Å². The van der Waals surface area contributed by atoms with Gasteiger partial charge in [-0.15, -0.1) is 0 Å². The first-order valence-corrected chi connectivity index (χ1v) is 12.9. The molecular formula is C26H29Cl2FN6O3. The number of likely N-dealkylation sites (N-methyl/N-ethyl adjacent to an activating group) is 1. The molecule has 0 saturated carbocycles. The first-order valence-electron chi connectivity index (χ1n) is 12.2. The van der Waals surface area contributed by atoms with Crippen LogP contribution in [-0.2, 0) is 6.54 Å². The molecular weight excluding hydrogens is 534 g/mol. The Balaban J connectivity index is 1.35. The Kier molecular flexibility index (Phi) is 9.57. The van der Waals surface area contributed by atoms with Gasteiger partial charge in [0.25, 0.3) is 0 Å². The number of hydrogen-bond donors (Lipinski definition) is 2. The van der Waals surface area contributed by atoms with E-state index in [-0.39, 0.29) is 24.1 Å². The fourth-order valence-corrected chi connectivity index (χ4v) is 4.63. The Morgan fingerprint density at radius 1 is 1.13 bits per heavy atom. The van der Waals surface area contributed by atoms with Gasteiger partial charge in [0.2, 0.25) is 5.95 Å². The van der Waals surface area contributed by atoms with Crippen molar-refractivity contribution in [1.29, 1.82) is 0 Å². The third-order valence-corrected chi connectivity index (χ3v) is 6.51. The highest BCUT2D eigenvalue weighted by Gasteiger charge is 2.18. The van der Waals surface area contributed by atoms with Crippen LogP contribution in [0.4, 0.5) is 26.6 Å². The first kappa shape index (κ1) is 27.8. The van der Waals surface area contributed by atoms with Crippen LogP contribution >= 0.6 is 23.2 Å². The molecule has 4 rings (SSSR count). The molecule has 0 spiro atoms. The zero-order valence-corrected chi connectivity index (χ0v) is 22.4. The topological polar surface area (TPSA) is 94.1 Å². The normalized spacial score (nSPS) is 14.3. The molecule has 2 heterocycles. The Hall–Kier alpha value is -3.18.